The third-order valence-corrected chi connectivity index (χ3v) is 4.01. The van der Waals surface area contributed by atoms with E-state index in [1.807, 2.05) is 4.83 Å². The highest BCUT2D eigenvalue weighted by molar-refractivity contribution is 7.89. The quantitative estimate of drug-likeness (QED) is 0.718. The van der Waals surface area contributed by atoms with Gasteiger partial charge in [-0.15, -0.1) is 4.83 Å². The minimum atomic E-state index is -3.99. The van der Waals surface area contributed by atoms with E-state index in [9.17, 15) is 13.2 Å². The molecule has 1 amide bonds. The average Bonchev–Trinajstić information content (AvgIpc) is 2.59. The SMILES string of the molecule is COc1ccc(S(=O)(=O)NNC(=O)c2cnccn2)cc1OC. The van der Waals surface area contributed by atoms with Gasteiger partial charge in [-0.3, -0.25) is 15.2 Å². The summed E-state index contributed by atoms with van der Waals surface area (Å²) in [5, 5.41) is 0. The van der Waals surface area contributed by atoms with Gasteiger partial charge in [-0.25, -0.2) is 13.4 Å². The van der Waals surface area contributed by atoms with Crippen molar-refractivity contribution in [2.45, 2.75) is 4.90 Å². The van der Waals surface area contributed by atoms with Crippen LogP contribution in [0.1, 0.15) is 10.5 Å². The summed E-state index contributed by atoms with van der Waals surface area (Å²) >= 11 is 0. The first kappa shape index (κ1) is 16.6. The molecule has 1 heterocycles. The molecule has 0 saturated carbocycles. The molecule has 0 spiro atoms. The number of nitrogens with one attached hydrogen (secondary N) is 2. The van der Waals surface area contributed by atoms with Gasteiger partial charge in [0.2, 0.25) is 0 Å². The number of amides is 1. The third-order valence-electron chi connectivity index (χ3n) is 2.76. The fourth-order valence-electron chi connectivity index (χ4n) is 1.64. The van der Waals surface area contributed by atoms with Gasteiger partial charge < -0.3 is 9.47 Å². The molecule has 10 heteroatoms. The van der Waals surface area contributed by atoms with Crippen LogP contribution in [-0.2, 0) is 10.0 Å². The maximum absolute atomic E-state index is 12.2. The van der Waals surface area contributed by atoms with Crippen LogP contribution < -0.4 is 19.7 Å². The van der Waals surface area contributed by atoms with Crippen molar-refractivity contribution >= 4 is 15.9 Å². The zero-order chi connectivity index (χ0) is 16.9. The molecule has 0 atom stereocenters. The third kappa shape index (κ3) is 3.93. The number of hydrogen-bond donors (Lipinski definition) is 2. The molecule has 0 aliphatic rings. The molecular formula is C13H14N4O5S. The Morgan fingerprint density at radius 2 is 1.87 bits per heavy atom. The summed E-state index contributed by atoms with van der Waals surface area (Å²) in [6.07, 6.45) is 3.92. The van der Waals surface area contributed by atoms with Crippen molar-refractivity contribution in [1.29, 1.82) is 0 Å². The summed E-state index contributed by atoms with van der Waals surface area (Å²) < 4.78 is 34.4. The second-order valence-electron chi connectivity index (χ2n) is 4.17. The molecule has 9 nitrogen and oxygen atoms in total. The van der Waals surface area contributed by atoms with Crippen molar-refractivity contribution < 1.29 is 22.7 Å². The van der Waals surface area contributed by atoms with Crippen molar-refractivity contribution in [3.63, 3.8) is 0 Å². The molecule has 2 rings (SSSR count). The highest BCUT2D eigenvalue weighted by atomic mass is 32.2. The second kappa shape index (κ2) is 7.03. The van der Waals surface area contributed by atoms with Gasteiger partial charge in [0, 0.05) is 18.5 Å². The van der Waals surface area contributed by atoms with Gasteiger partial charge in [0.25, 0.3) is 15.9 Å². The Kier molecular flexibility index (Phi) is 5.09. The van der Waals surface area contributed by atoms with E-state index in [1.54, 1.807) is 0 Å². The molecule has 2 aromatic rings. The smallest absolute Gasteiger partial charge is 0.286 e. The molecule has 0 fully saturated rings. The van der Waals surface area contributed by atoms with Crippen molar-refractivity contribution in [2.24, 2.45) is 0 Å². The first-order chi connectivity index (χ1) is 11.0. The number of carbonyl (C=O) groups excluding carboxylic acids is 1. The molecule has 0 aliphatic carbocycles. The standard InChI is InChI=1S/C13H14N4O5S/c1-21-11-4-3-9(7-12(11)22-2)23(19,20)17-16-13(18)10-8-14-5-6-15-10/h3-8,17H,1-2H3,(H,16,18). The Balaban J connectivity index is 2.14. The Morgan fingerprint density at radius 1 is 1.13 bits per heavy atom. The minimum Gasteiger partial charge on any atom is -0.493 e. The maximum Gasteiger partial charge on any atom is 0.286 e. The first-order valence-electron chi connectivity index (χ1n) is 6.28. The number of hydrogen-bond acceptors (Lipinski definition) is 7. The molecule has 122 valence electrons. The zero-order valence-electron chi connectivity index (χ0n) is 12.3. The molecule has 2 N–H and O–H groups in total. The van der Waals surface area contributed by atoms with Crippen LogP contribution in [0.5, 0.6) is 11.5 Å². The summed E-state index contributed by atoms with van der Waals surface area (Å²) in [7, 11) is -1.16. The van der Waals surface area contributed by atoms with E-state index >= 15 is 0 Å². The van der Waals surface area contributed by atoms with Crippen molar-refractivity contribution in [1.82, 2.24) is 20.2 Å². The largest absolute Gasteiger partial charge is 0.493 e. The summed E-state index contributed by atoms with van der Waals surface area (Å²) in [4.78, 5) is 21.1. The Labute approximate surface area is 132 Å². The second-order valence-corrected chi connectivity index (χ2v) is 5.85. The lowest BCUT2D eigenvalue weighted by Crippen LogP contribution is -2.41. The lowest BCUT2D eigenvalue weighted by molar-refractivity contribution is 0.0939. The molecule has 0 saturated heterocycles. The number of carbonyl (C=O) groups is 1. The Bertz CT molecular complexity index is 795. The lowest BCUT2D eigenvalue weighted by Gasteiger charge is -2.11. The number of sulfonamides is 1. The molecule has 1 aromatic heterocycles. The van der Waals surface area contributed by atoms with Crippen LogP contribution in [0.25, 0.3) is 0 Å². The van der Waals surface area contributed by atoms with E-state index in [1.165, 1.54) is 51.0 Å². The number of benzene rings is 1. The highest BCUT2D eigenvalue weighted by Gasteiger charge is 2.18. The monoisotopic (exact) mass is 338 g/mol. The van der Waals surface area contributed by atoms with E-state index in [0.29, 0.717) is 5.75 Å². The van der Waals surface area contributed by atoms with Gasteiger partial charge in [-0.1, -0.05) is 0 Å². The Hall–Kier alpha value is -2.72. The zero-order valence-corrected chi connectivity index (χ0v) is 13.1. The van der Waals surface area contributed by atoms with Gasteiger partial charge in [0.05, 0.1) is 25.3 Å². The molecule has 0 radical (unpaired) electrons. The van der Waals surface area contributed by atoms with Crippen molar-refractivity contribution in [3.8, 4) is 11.5 Å². The predicted octanol–water partition coefficient (Wildman–Crippen LogP) is 0.117. The minimum absolute atomic E-state index is 0.0255. The Morgan fingerprint density at radius 3 is 2.48 bits per heavy atom. The number of methoxy groups -OCH3 is 2. The van der Waals surface area contributed by atoms with Crippen LogP contribution in [-0.4, -0.2) is 38.5 Å². The molecule has 1 aromatic carbocycles. The topological polar surface area (TPSA) is 120 Å². The van der Waals surface area contributed by atoms with Gasteiger partial charge >= 0.3 is 0 Å². The van der Waals surface area contributed by atoms with Crippen molar-refractivity contribution in [3.05, 3.63) is 42.5 Å². The summed E-state index contributed by atoms with van der Waals surface area (Å²) in [5.41, 5.74) is 2.03. The molecular weight excluding hydrogens is 324 g/mol. The molecule has 0 aliphatic heterocycles. The van der Waals surface area contributed by atoms with Crippen LogP contribution >= 0.6 is 0 Å². The van der Waals surface area contributed by atoms with Crippen LogP contribution in [0.3, 0.4) is 0 Å². The van der Waals surface area contributed by atoms with Gasteiger partial charge in [-0.05, 0) is 12.1 Å². The highest BCUT2D eigenvalue weighted by Crippen LogP contribution is 2.29. The molecule has 0 bridgehead atoms. The number of nitrogens with zero attached hydrogens (tertiary/aromatic N) is 2. The van der Waals surface area contributed by atoms with Crippen molar-refractivity contribution in [2.75, 3.05) is 14.2 Å². The van der Waals surface area contributed by atoms with E-state index < -0.39 is 15.9 Å². The summed E-state index contributed by atoms with van der Waals surface area (Å²) in [6, 6.07) is 4.03. The van der Waals surface area contributed by atoms with Crippen LogP contribution in [0.2, 0.25) is 0 Å². The number of hydrazine groups is 1. The van der Waals surface area contributed by atoms with Crippen LogP contribution in [0, 0.1) is 0 Å². The normalized spacial score (nSPS) is 10.9. The molecule has 23 heavy (non-hydrogen) atoms. The fourth-order valence-corrected chi connectivity index (χ4v) is 2.49. The number of ether oxygens (including phenoxy) is 2. The lowest BCUT2D eigenvalue weighted by atomic mass is 10.3. The number of aromatic nitrogens is 2. The summed E-state index contributed by atoms with van der Waals surface area (Å²) in [5.74, 6) is -0.104. The van der Waals surface area contributed by atoms with E-state index in [0.717, 1.165) is 0 Å². The summed E-state index contributed by atoms with van der Waals surface area (Å²) in [6.45, 7) is 0. The van der Waals surface area contributed by atoms with E-state index in [2.05, 4.69) is 15.4 Å². The fraction of sp³-hybridized carbons (Fsp3) is 0.154. The van der Waals surface area contributed by atoms with E-state index in [4.69, 9.17) is 9.47 Å². The predicted molar refractivity (Wildman–Crippen MR) is 79.4 cm³/mol. The van der Waals surface area contributed by atoms with E-state index in [-0.39, 0.29) is 16.3 Å². The molecule has 0 unspecified atom stereocenters. The number of rotatable bonds is 6. The average molecular weight is 338 g/mol. The van der Waals surface area contributed by atoms with Gasteiger partial charge in [0.1, 0.15) is 5.69 Å². The van der Waals surface area contributed by atoms with Gasteiger partial charge in [-0.2, -0.15) is 0 Å². The maximum atomic E-state index is 12.2. The van der Waals surface area contributed by atoms with Crippen LogP contribution in [0.4, 0.5) is 0 Å². The first-order valence-corrected chi connectivity index (χ1v) is 7.76. The van der Waals surface area contributed by atoms with Gasteiger partial charge in [0.15, 0.2) is 11.5 Å². The van der Waals surface area contributed by atoms with Crippen LogP contribution in [0.15, 0.2) is 41.7 Å².